The third-order valence-corrected chi connectivity index (χ3v) is 5.47. The molecule has 0 atom stereocenters. The molecule has 0 spiro atoms. The highest BCUT2D eigenvalue weighted by molar-refractivity contribution is 8.00. The average molecular weight is 391 g/mol. The third kappa shape index (κ3) is 4.63. The number of sulfonamides is 1. The molecule has 3 rings (SSSR count). The normalized spacial score (nSPS) is 14.0. The zero-order valence-electron chi connectivity index (χ0n) is 13.7. The summed E-state index contributed by atoms with van der Waals surface area (Å²) in [6.45, 7) is -0.115. The minimum atomic E-state index is -3.65. The van der Waals surface area contributed by atoms with Crippen LogP contribution in [0.2, 0.25) is 0 Å². The first kappa shape index (κ1) is 18.4. The number of nitrogens with one attached hydrogen (secondary N) is 1. The van der Waals surface area contributed by atoms with E-state index in [1.54, 1.807) is 30.3 Å². The van der Waals surface area contributed by atoms with Crippen molar-refractivity contribution < 1.29 is 18.0 Å². The number of nitrogens with zero attached hydrogens (tertiary/aromatic N) is 1. The number of carbonyl (C=O) groups excluding carboxylic acids is 2. The van der Waals surface area contributed by atoms with E-state index in [1.165, 1.54) is 16.7 Å². The molecule has 0 aliphatic carbocycles. The van der Waals surface area contributed by atoms with Crippen molar-refractivity contribution in [3.05, 3.63) is 54.1 Å². The molecule has 7 nitrogen and oxygen atoms in total. The maximum absolute atomic E-state index is 12.4. The third-order valence-electron chi connectivity index (χ3n) is 3.69. The number of benzene rings is 2. The monoisotopic (exact) mass is 391 g/mol. The van der Waals surface area contributed by atoms with Gasteiger partial charge in [-0.2, -0.15) is 0 Å². The molecule has 0 saturated heterocycles. The summed E-state index contributed by atoms with van der Waals surface area (Å²) < 4.78 is 22.4. The Hall–Kier alpha value is -2.36. The second-order valence-corrected chi connectivity index (χ2v) is 8.42. The molecule has 136 valence electrons. The van der Waals surface area contributed by atoms with Crippen molar-refractivity contribution in [3.63, 3.8) is 0 Å². The van der Waals surface area contributed by atoms with Crippen LogP contribution in [0.15, 0.2) is 53.4 Å². The van der Waals surface area contributed by atoms with Crippen LogP contribution in [-0.4, -0.2) is 32.5 Å². The number of rotatable bonds is 5. The quantitative estimate of drug-likeness (QED) is 0.804. The Morgan fingerprint density at radius 2 is 1.96 bits per heavy atom. The second-order valence-electron chi connectivity index (χ2n) is 5.79. The van der Waals surface area contributed by atoms with Crippen LogP contribution in [0, 0.1) is 0 Å². The molecule has 1 aliphatic rings. The number of fused-ring (bicyclic) bond motifs is 1. The summed E-state index contributed by atoms with van der Waals surface area (Å²) >= 11 is 1.45. The predicted molar refractivity (Wildman–Crippen MR) is 101 cm³/mol. The number of anilines is 2. The topological polar surface area (TPSA) is 110 Å². The summed E-state index contributed by atoms with van der Waals surface area (Å²) in [5.74, 6) is -0.528. The molecular formula is C17H17N3O4S2. The minimum Gasteiger partial charge on any atom is -0.325 e. The molecule has 3 N–H and O–H groups in total. The largest absolute Gasteiger partial charge is 0.325 e. The van der Waals surface area contributed by atoms with Crippen LogP contribution >= 0.6 is 11.8 Å². The van der Waals surface area contributed by atoms with Crippen molar-refractivity contribution in [2.24, 2.45) is 5.14 Å². The Morgan fingerprint density at radius 3 is 2.73 bits per heavy atom. The van der Waals surface area contributed by atoms with Crippen molar-refractivity contribution in [2.45, 2.75) is 10.6 Å². The van der Waals surface area contributed by atoms with Crippen LogP contribution in [0.4, 0.5) is 11.4 Å². The smallest absolute Gasteiger partial charge is 0.244 e. The van der Waals surface area contributed by atoms with Crippen molar-refractivity contribution in [1.82, 2.24) is 0 Å². The van der Waals surface area contributed by atoms with Gasteiger partial charge in [0.25, 0.3) is 0 Å². The first-order valence-electron chi connectivity index (χ1n) is 7.73. The highest BCUT2D eigenvalue weighted by atomic mass is 32.2. The molecule has 1 heterocycles. The van der Waals surface area contributed by atoms with E-state index in [-0.39, 0.29) is 29.9 Å². The number of hydrogen-bond donors (Lipinski definition) is 2. The zero-order chi connectivity index (χ0) is 18.7. The van der Waals surface area contributed by atoms with Gasteiger partial charge in [0.05, 0.1) is 17.2 Å². The molecule has 2 aromatic carbocycles. The lowest BCUT2D eigenvalue weighted by molar-refractivity contribution is -0.120. The summed E-state index contributed by atoms with van der Waals surface area (Å²) in [5, 5.41) is 7.73. The van der Waals surface area contributed by atoms with Gasteiger partial charge in [0, 0.05) is 10.6 Å². The van der Waals surface area contributed by atoms with Gasteiger partial charge in [-0.1, -0.05) is 24.3 Å². The lowest BCUT2D eigenvalue weighted by atomic mass is 10.2. The van der Waals surface area contributed by atoms with E-state index in [9.17, 15) is 18.0 Å². The highest BCUT2D eigenvalue weighted by Crippen LogP contribution is 2.34. The number of para-hydroxylation sites is 1. The van der Waals surface area contributed by atoms with Gasteiger partial charge in [-0.3, -0.25) is 9.59 Å². The van der Waals surface area contributed by atoms with E-state index in [2.05, 4.69) is 5.32 Å². The Morgan fingerprint density at radius 1 is 1.19 bits per heavy atom. The fourth-order valence-corrected chi connectivity index (χ4v) is 4.22. The van der Waals surface area contributed by atoms with Crippen molar-refractivity contribution in [1.29, 1.82) is 0 Å². The molecule has 0 unspecified atom stereocenters. The lowest BCUT2D eigenvalue weighted by Gasteiger charge is -2.28. The summed E-state index contributed by atoms with van der Waals surface area (Å²) in [5.41, 5.74) is 1.64. The fraction of sp³-hybridized carbons (Fsp3) is 0.176. The minimum absolute atomic E-state index is 0.115. The summed E-state index contributed by atoms with van der Waals surface area (Å²) in [6, 6.07) is 13.9. The van der Waals surface area contributed by atoms with Crippen LogP contribution in [0.1, 0.15) is 5.56 Å². The molecule has 0 aromatic heterocycles. The zero-order valence-corrected chi connectivity index (χ0v) is 15.3. The molecule has 0 radical (unpaired) electrons. The van der Waals surface area contributed by atoms with Gasteiger partial charge in [-0.15, -0.1) is 11.8 Å². The van der Waals surface area contributed by atoms with E-state index in [0.717, 1.165) is 4.90 Å². The van der Waals surface area contributed by atoms with Crippen LogP contribution < -0.4 is 15.4 Å². The molecule has 9 heteroatoms. The Balaban J connectivity index is 1.72. The Bertz CT molecular complexity index is 960. The molecular weight excluding hydrogens is 374 g/mol. The second kappa shape index (κ2) is 7.48. The summed E-state index contributed by atoms with van der Waals surface area (Å²) in [6.07, 6.45) is 0. The van der Waals surface area contributed by atoms with E-state index < -0.39 is 10.0 Å². The van der Waals surface area contributed by atoms with Crippen LogP contribution in [0.3, 0.4) is 0 Å². The van der Waals surface area contributed by atoms with E-state index in [1.807, 2.05) is 18.2 Å². The maximum Gasteiger partial charge on any atom is 0.244 e. The van der Waals surface area contributed by atoms with Gasteiger partial charge in [0.1, 0.15) is 6.54 Å². The van der Waals surface area contributed by atoms with E-state index in [4.69, 9.17) is 5.14 Å². The molecule has 0 saturated carbocycles. The molecule has 0 fully saturated rings. The molecule has 2 aromatic rings. The van der Waals surface area contributed by atoms with Crippen molar-refractivity contribution in [2.75, 3.05) is 22.5 Å². The first-order chi connectivity index (χ1) is 12.3. The molecule has 0 bridgehead atoms. The Labute approximate surface area is 155 Å². The number of carbonyl (C=O) groups is 2. The predicted octanol–water partition coefficient (Wildman–Crippen LogP) is 1.55. The highest BCUT2D eigenvalue weighted by Gasteiger charge is 2.26. The number of primary sulfonamides is 1. The first-order valence-corrected chi connectivity index (χ1v) is 10.4. The summed E-state index contributed by atoms with van der Waals surface area (Å²) in [4.78, 5) is 27.0. The van der Waals surface area contributed by atoms with Crippen molar-refractivity contribution in [3.8, 4) is 0 Å². The van der Waals surface area contributed by atoms with E-state index in [0.29, 0.717) is 16.9 Å². The van der Waals surface area contributed by atoms with Gasteiger partial charge in [0.15, 0.2) is 0 Å². The van der Waals surface area contributed by atoms with Gasteiger partial charge < -0.3 is 10.2 Å². The summed E-state index contributed by atoms with van der Waals surface area (Å²) in [7, 11) is -3.65. The number of thioether (sulfide) groups is 1. The standard InChI is InChI=1S/C17H17N3O4S2/c18-26(23,24)11-12-4-3-5-13(8-12)19-16(21)9-20-14-6-1-2-7-15(14)25-10-17(20)22/h1-8H,9-11H2,(H,19,21)(H2,18,23,24). The number of amides is 2. The molecule has 2 amide bonds. The van der Waals surface area contributed by atoms with Crippen LogP contribution in [0.25, 0.3) is 0 Å². The van der Waals surface area contributed by atoms with Gasteiger partial charge >= 0.3 is 0 Å². The van der Waals surface area contributed by atoms with Gasteiger partial charge in [0.2, 0.25) is 21.8 Å². The van der Waals surface area contributed by atoms with Gasteiger partial charge in [-0.05, 0) is 29.8 Å². The van der Waals surface area contributed by atoms with Crippen molar-refractivity contribution >= 4 is 45.0 Å². The lowest BCUT2D eigenvalue weighted by Crippen LogP contribution is -2.41. The van der Waals surface area contributed by atoms with Crippen LogP contribution in [0.5, 0.6) is 0 Å². The van der Waals surface area contributed by atoms with Crippen LogP contribution in [-0.2, 0) is 25.4 Å². The van der Waals surface area contributed by atoms with Gasteiger partial charge in [-0.25, -0.2) is 13.6 Å². The molecule has 1 aliphatic heterocycles. The maximum atomic E-state index is 12.4. The number of hydrogen-bond acceptors (Lipinski definition) is 5. The average Bonchev–Trinajstić information content (AvgIpc) is 2.56. The number of nitrogens with two attached hydrogens (primary N) is 1. The Kier molecular flexibility index (Phi) is 5.30. The van der Waals surface area contributed by atoms with E-state index >= 15 is 0 Å². The SMILES string of the molecule is NS(=O)(=O)Cc1cccc(NC(=O)CN2C(=O)CSc3ccccc32)c1. The fourth-order valence-electron chi connectivity index (χ4n) is 2.64. The molecule has 26 heavy (non-hydrogen) atoms.